The van der Waals surface area contributed by atoms with Gasteiger partial charge in [-0.2, -0.15) is 0 Å². The maximum absolute atomic E-state index is 4.39. The van der Waals surface area contributed by atoms with Gasteiger partial charge in [-0.3, -0.25) is 4.90 Å². The Labute approximate surface area is 130 Å². The van der Waals surface area contributed by atoms with Gasteiger partial charge >= 0.3 is 0 Å². The van der Waals surface area contributed by atoms with E-state index >= 15 is 0 Å². The summed E-state index contributed by atoms with van der Waals surface area (Å²) in [7, 11) is 0. The van der Waals surface area contributed by atoms with Crippen LogP contribution in [0.25, 0.3) is 10.2 Å². The molecule has 1 saturated heterocycles. The second kappa shape index (κ2) is 6.68. The van der Waals surface area contributed by atoms with E-state index in [2.05, 4.69) is 45.0 Å². The highest BCUT2D eigenvalue weighted by Gasteiger charge is 2.15. The average molecular weight is 305 g/mol. The molecule has 0 atom stereocenters. The Morgan fingerprint density at radius 2 is 1.95 bits per heavy atom. The molecular formula is C15H23N5S. The Morgan fingerprint density at radius 1 is 1.19 bits per heavy atom. The molecule has 0 bridgehead atoms. The maximum atomic E-state index is 4.39. The number of fused-ring (bicyclic) bond motifs is 1. The molecule has 0 radical (unpaired) electrons. The minimum Gasteiger partial charge on any atom is -0.368 e. The molecular weight excluding hydrogens is 282 g/mol. The van der Waals surface area contributed by atoms with E-state index in [4.69, 9.17) is 0 Å². The number of likely N-dealkylation sites (N-methyl/N-ethyl adjacent to an activating group) is 1. The molecule has 1 aliphatic heterocycles. The summed E-state index contributed by atoms with van der Waals surface area (Å²) in [6, 6.07) is 2.17. The molecule has 1 fully saturated rings. The third-order valence-electron chi connectivity index (χ3n) is 4.09. The fraction of sp³-hybridized carbons (Fsp3) is 0.600. The number of hydrogen-bond donors (Lipinski definition) is 1. The average Bonchev–Trinajstić information content (AvgIpc) is 2.89. The summed E-state index contributed by atoms with van der Waals surface area (Å²) in [4.78, 5) is 16.1. The summed E-state index contributed by atoms with van der Waals surface area (Å²) in [5.74, 6) is 0.969. The van der Waals surface area contributed by atoms with Gasteiger partial charge in [0.2, 0.25) is 0 Å². The van der Waals surface area contributed by atoms with Crippen LogP contribution in [0.15, 0.2) is 12.4 Å². The highest BCUT2D eigenvalue weighted by atomic mass is 32.1. The fourth-order valence-corrected chi connectivity index (χ4v) is 3.63. The van der Waals surface area contributed by atoms with Crippen molar-refractivity contribution in [3.05, 3.63) is 17.3 Å². The van der Waals surface area contributed by atoms with Gasteiger partial charge in [-0.25, -0.2) is 9.97 Å². The van der Waals surface area contributed by atoms with Crippen molar-refractivity contribution in [1.29, 1.82) is 0 Å². The van der Waals surface area contributed by atoms with E-state index in [1.807, 2.05) is 0 Å². The summed E-state index contributed by atoms with van der Waals surface area (Å²) >= 11 is 1.72. The van der Waals surface area contributed by atoms with Gasteiger partial charge in [-0.05, 0) is 19.5 Å². The molecule has 0 unspecified atom stereocenters. The molecule has 21 heavy (non-hydrogen) atoms. The van der Waals surface area contributed by atoms with Gasteiger partial charge in [0.15, 0.2) is 0 Å². The summed E-state index contributed by atoms with van der Waals surface area (Å²) in [6.45, 7) is 12.3. The zero-order chi connectivity index (χ0) is 14.7. The van der Waals surface area contributed by atoms with Crippen LogP contribution < -0.4 is 5.32 Å². The van der Waals surface area contributed by atoms with E-state index in [-0.39, 0.29) is 0 Å². The van der Waals surface area contributed by atoms with E-state index < -0.39 is 0 Å². The van der Waals surface area contributed by atoms with E-state index in [0.29, 0.717) is 0 Å². The standard InChI is InChI=1S/C15H23N5S/c1-3-19-6-8-20(9-7-19)5-4-16-14-13-10-12(2)21-15(13)18-11-17-14/h10-11H,3-9H2,1-2H3,(H,16,17,18). The minimum atomic E-state index is 0.938. The van der Waals surface area contributed by atoms with Crippen molar-refractivity contribution >= 4 is 27.4 Å². The van der Waals surface area contributed by atoms with Crippen molar-refractivity contribution in [1.82, 2.24) is 19.8 Å². The Morgan fingerprint density at radius 3 is 2.71 bits per heavy atom. The topological polar surface area (TPSA) is 44.3 Å². The Hall–Kier alpha value is -1.24. The SMILES string of the molecule is CCN1CCN(CCNc2ncnc3sc(C)cc23)CC1. The minimum absolute atomic E-state index is 0.938. The van der Waals surface area contributed by atoms with E-state index in [9.17, 15) is 0 Å². The molecule has 0 saturated carbocycles. The van der Waals surface area contributed by atoms with Crippen molar-refractivity contribution < 1.29 is 0 Å². The number of nitrogens with one attached hydrogen (secondary N) is 1. The lowest BCUT2D eigenvalue weighted by atomic mass is 10.3. The predicted molar refractivity (Wildman–Crippen MR) is 89.2 cm³/mol. The Bertz CT molecular complexity index is 589. The highest BCUT2D eigenvalue weighted by Crippen LogP contribution is 2.27. The van der Waals surface area contributed by atoms with Crippen LogP contribution in [0.2, 0.25) is 0 Å². The van der Waals surface area contributed by atoms with Crippen LogP contribution in [-0.2, 0) is 0 Å². The molecule has 2 aromatic heterocycles. The highest BCUT2D eigenvalue weighted by molar-refractivity contribution is 7.18. The van der Waals surface area contributed by atoms with E-state index in [0.717, 1.165) is 29.1 Å². The smallest absolute Gasteiger partial charge is 0.138 e. The van der Waals surface area contributed by atoms with Gasteiger partial charge in [-0.1, -0.05) is 6.92 Å². The summed E-state index contributed by atoms with van der Waals surface area (Å²) in [5.41, 5.74) is 0. The molecule has 0 aliphatic carbocycles. The number of piperazine rings is 1. The lowest BCUT2D eigenvalue weighted by Gasteiger charge is -2.34. The number of nitrogens with zero attached hydrogens (tertiary/aromatic N) is 4. The first kappa shape index (κ1) is 14.7. The number of aromatic nitrogens is 2. The van der Waals surface area contributed by atoms with Crippen molar-refractivity contribution in [2.45, 2.75) is 13.8 Å². The molecule has 0 spiro atoms. The number of rotatable bonds is 5. The molecule has 2 aromatic rings. The molecule has 6 heteroatoms. The van der Waals surface area contributed by atoms with Crippen LogP contribution in [0, 0.1) is 6.92 Å². The first-order chi connectivity index (χ1) is 10.3. The quantitative estimate of drug-likeness (QED) is 0.916. The first-order valence-electron chi connectivity index (χ1n) is 7.66. The molecule has 114 valence electrons. The van der Waals surface area contributed by atoms with Gasteiger partial charge in [0, 0.05) is 44.1 Å². The van der Waals surface area contributed by atoms with E-state index in [1.165, 1.54) is 37.6 Å². The van der Waals surface area contributed by atoms with Crippen molar-refractivity contribution in [3.63, 3.8) is 0 Å². The van der Waals surface area contributed by atoms with Gasteiger partial charge in [0.25, 0.3) is 0 Å². The first-order valence-corrected chi connectivity index (χ1v) is 8.47. The van der Waals surface area contributed by atoms with Crippen LogP contribution in [-0.4, -0.2) is 65.6 Å². The van der Waals surface area contributed by atoms with Gasteiger partial charge in [-0.15, -0.1) is 11.3 Å². The zero-order valence-corrected chi connectivity index (χ0v) is 13.6. The Kier molecular flexibility index (Phi) is 4.67. The third kappa shape index (κ3) is 3.51. The molecule has 1 N–H and O–H groups in total. The molecule has 5 nitrogen and oxygen atoms in total. The van der Waals surface area contributed by atoms with Gasteiger partial charge in [0.1, 0.15) is 17.0 Å². The fourth-order valence-electron chi connectivity index (χ4n) is 2.78. The summed E-state index contributed by atoms with van der Waals surface area (Å²) < 4.78 is 0. The number of thiophene rings is 1. The van der Waals surface area contributed by atoms with Crippen molar-refractivity contribution in [2.75, 3.05) is 51.1 Å². The summed E-state index contributed by atoms with van der Waals surface area (Å²) in [5, 5.41) is 4.62. The molecule has 0 aromatic carbocycles. The second-order valence-electron chi connectivity index (χ2n) is 5.50. The van der Waals surface area contributed by atoms with Gasteiger partial charge in [0.05, 0.1) is 5.39 Å². The number of aryl methyl sites for hydroxylation is 1. The van der Waals surface area contributed by atoms with Crippen LogP contribution in [0.5, 0.6) is 0 Å². The second-order valence-corrected chi connectivity index (χ2v) is 6.74. The van der Waals surface area contributed by atoms with Crippen molar-refractivity contribution in [3.8, 4) is 0 Å². The normalized spacial score (nSPS) is 17.4. The predicted octanol–water partition coefficient (Wildman–Crippen LogP) is 2.05. The Balaban J connectivity index is 1.53. The largest absolute Gasteiger partial charge is 0.368 e. The van der Waals surface area contributed by atoms with E-state index in [1.54, 1.807) is 17.7 Å². The zero-order valence-electron chi connectivity index (χ0n) is 12.8. The molecule has 0 amide bonds. The molecule has 1 aliphatic rings. The maximum Gasteiger partial charge on any atom is 0.138 e. The number of hydrogen-bond acceptors (Lipinski definition) is 6. The lowest BCUT2D eigenvalue weighted by molar-refractivity contribution is 0.141. The van der Waals surface area contributed by atoms with Crippen LogP contribution >= 0.6 is 11.3 Å². The summed E-state index contributed by atoms with van der Waals surface area (Å²) in [6.07, 6.45) is 1.65. The van der Waals surface area contributed by atoms with Crippen LogP contribution in [0.4, 0.5) is 5.82 Å². The monoisotopic (exact) mass is 305 g/mol. The van der Waals surface area contributed by atoms with Crippen LogP contribution in [0.1, 0.15) is 11.8 Å². The molecule has 3 rings (SSSR count). The lowest BCUT2D eigenvalue weighted by Crippen LogP contribution is -2.47. The third-order valence-corrected chi connectivity index (χ3v) is 5.04. The van der Waals surface area contributed by atoms with Gasteiger partial charge < -0.3 is 10.2 Å². The number of anilines is 1. The molecule has 3 heterocycles. The van der Waals surface area contributed by atoms with Crippen molar-refractivity contribution in [2.24, 2.45) is 0 Å². The van der Waals surface area contributed by atoms with Crippen LogP contribution in [0.3, 0.4) is 0 Å².